The van der Waals surface area contributed by atoms with Crippen LogP contribution in [-0.2, 0) is 5.41 Å². The van der Waals surface area contributed by atoms with Crippen LogP contribution in [0.3, 0.4) is 0 Å². The molecule has 0 aromatic heterocycles. The van der Waals surface area contributed by atoms with E-state index in [1.807, 2.05) is 0 Å². The Morgan fingerprint density at radius 1 is 0.607 bits per heavy atom. The van der Waals surface area contributed by atoms with Gasteiger partial charge in [-0.05, 0) is 57.1 Å². The zero-order valence-corrected chi connectivity index (χ0v) is 17.1. The summed E-state index contributed by atoms with van der Waals surface area (Å²) in [6, 6.07) is 32.7. The van der Waals surface area contributed by atoms with Gasteiger partial charge in [-0.25, -0.2) is 0 Å². The molecule has 4 aromatic rings. The highest BCUT2D eigenvalue weighted by Crippen LogP contribution is 2.34. The van der Waals surface area contributed by atoms with E-state index >= 15 is 0 Å². The van der Waals surface area contributed by atoms with Crippen molar-refractivity contribution in [2.24, 2.45) is 0 Å². The molecule has 0 bridgehead atoms. The SMILES string of the molecule is CN(c1ccc(-c2ccccc2C(C)(C)C)cc1)c1ccc2ccccc2c1. The van der Waals surface area contributed by atoms with Crippen molar-refractivity contribution in [3.8, 4) is 11.1 Å². The van der Waals surface area contributed by atoms with E-state index in [2.05, 4.69) is 124 Å². The normalized spacial score (nSPS) is 11.6. The molecule has 0 radical (unpaired) electrons. The van der Waals surface area contributed by atoms with Crippen LogP contribution in [0.15, 0.2) is 91.0 Å². The molecule has 0 spiro atoms. The highest BCUT2D eigenvalue weighted by atomic mass is 15.1. The molecular weight excluding hydrogens is 338 g/mol. The predicted molar refractivity (Wildman–Crippen MR) is 123 cm³/mol. The monoisotopic (exact) mass is 365 g/mol. The Hall–Kier alpha value is -3.06. The van der Waals surface area contributed by atoms with Gasteiger partial charge in [-0.2, -0.15) is 0 Å². The standard InChI is InChI=1S/C27H27N/c1-27(2,3)26-12-8-7-11-25(26)21-14-16-23(17-15-21)28(4)24-18-13-20-9-5-6-10-22(20)19-24/h5-19H,1-4H3. The minimum Gasteiger partial charge on any atom is -0.345 e. The average molecular weight is 366 g/mol. The molecule has 4 rings (SSSR count). The second kappa shape index (κ2) is 7.16. The Balaban J connectivity index is 1.66. The van der Waals surface area contributed by atoms with Gasteiger partial charge in [0.25, 0.3) is 0 Å². The van der Waals surface area contributed by atoms with Crippen LogP contribution in [-0.4, -0.2) is 7.05 Å². The van der Waals surface area contributed by atoms with Gasteiger partial charge in [-0.3, -0.25) is 0 Å². The third-order valence-electron chi connectivity index (χ3n) is 5.42. The topological polar surface area (TPSA) is 3.24 Å². The second-order valence-corrected chi connectivity index (χ2v) is 8.43. The highest BCUT2D eigenvalue weighted by Gasteiger charge is 2.18. The van der Waals surface area contributed by atoms with Crippen molar-refractivity contribution in [2.45, 2.75) is 26.2 Å². The lowest BCUT2D eigenvalue weighted by atomic mass is 9.82. The number of benzene rings is 4. The first-order chi connectivity index (χ1) is 13.4. The number of hydrogen-bond donors (Lipinski definition) is 0. The van der Waals surface area contributed by atoms with E-state index < -0.39 is 0 Å². The summed E-state index contributed by atoms with van der Waals surface area (Å²) in [4.78, 5) is 2.24. The van der Waals surface area contributed by atoms with Crippen LogP contribution in [0, 0.1) is 0 Å². The van der Waals surface area contributed by atoms with E-state index in [4.69, 9.17) is 0 Å². The molecule has 4 aromatic carbocycles. The van der Waals surface area contributed by atoms with Gasteiger partial charge >= 0.3 is 0 Å². The van der Waals surface area contributed by atoms with Gasteiger partial charge < -0.3 is 4.90 Å². The maximum atomic E-state index is 2.27. The smallest absolute Gasteiger partial charge is 0.0414 e. The zero-order chi connectivity index (χ0) is 19.7. The first-order valence-corrected chi connectivity index (χ1v) is 9.86. The molecule has 0 heterocycles. The van der Waals surface area contributed by atoms with Crippen molar-refractivity contribution in [3.05, 3.63) is 96.6 Å². The molecule has 28 heavy (non-hydrogen) atoms. The minimum absolute atomic E-state index is 0.122. The van der Waals surface area contributed by atoms with E-state index in [9.17, 15) is 0 Å². The predicted octanol–water partition coefficient (Wildman–Crippen LogP) is 7.57. The summed E-state index contributed by atoms with van der Waals surface area (Å²) in [7, 11) is 2.13. The third-order valence-corrected chi connectivity index (χ3v) is 5.42. The zero-order valence-electron chi connectivity index (χ0n) is 17.1. The van der Waals surface area contributed by atoms with E-state index in [1.54, 1.807) is 0 Å². The van der Waals surface area contributed by atoms with Crippen LogP contribution < -0.4 is 4.90 Å². The van der Waals surface area contributed by atoms with Crippen LogP contribution in [0.25, 0.3) is 21.9 Å². The molecular formula is C27H27N. The van der Waals surface area contributed by atoms with Crippen molar-refractivity contribution >= 4 is 22.1 Å². The van der Waals surface area contributed by atoms with Gasteiger partial charge in [-0.1, -0.05) is 87.5 Å². The fraction of sp³-hybridized carbons (Fsp3) is 0.185. The van der Waals surface area contributed by atoms with Gasteiger partial charge in [0, 0.05) is 18.4 Å². The van der Waals surface area contributed by atoms with E-state index in [0.717, 1.165) is 0 Å². The van der Waals surface area contributed by atoms with Crippen LogP contribution >= 0.6 is 0 Å². The first-order valence-electron chi connectivity index (χ1n) is 9.86. The third kappa shape index (κ3) is 3.53. The van der Waals surface area contributed by atoms with Crippen LogP contribution in [0.1, 0.15) is 26.3 Å². The summed E-state index contributed by atoms with van der Waals surface area (Å²) in [5.41, 5.74) is 6.47. The number of nitrogens with zero attached hydrogens (tertiary/aromatic N) is 1. The quantitative estimate of drug-likeness (QED) is 0.362. The minimum atomic E-state index is 0.122. The Morgan fingerprint density at radius 3 is 1.93 bits per heavy atom. The van der Waals surface area contributed by atoms with Gasteiger partial charge in [-0.15, -0.1) is 0 Å². The summed E-state index contributed by atoms with van der Waals surface area (Å²) < 4.78 is 0. The first kappa shape index (κ1) is 18.3. The molecule has 0 atom stereocenters. The molecule has 0 saturated heterocycles. The van der Waals surface area contributed by atoms with Gasteiger partial charge in [0.1, 0.15) is 0 Å². The van der Waals surface area contributed by atoms with Crippen molar-refractivity contribution in [1.29, 1.82) is 0 Å². The molecule has 0 aliphatic rings. The van der Waals surface area contributed by atoms with Crippen LogP contribution in [0.5, 0.6) is 0 Å². The molecule has 0 unspecified atom stereocenters. The number of anilines is 2. The molecule has 0 aliphatic heterocycles. The van der Waals surface area contributed by atoms with Gasteiger partial charge in [0.05, 0.1) is 0 Å². The maximum Gasteiger partial charge on any atom is 0.0414 e. The molecule has 0 amide bonds. The van der Waals surface area contributed by atoms with Crippen molar-refractivity contribution in [2.75, 3.05) is 11.9 Å². The van der Waals surface area contributed by atoms with E-state index in [1.165, 1.54) is 38.8 Å². The van der Waals surface area contributed by atoms with Gasteiger partial charge in [0.2, 0.25) is 0 Å². The lowest BCUT2D eigenvalue weighted by Crippen LogP contribution is -2.12. The van der Waals surface area contributed by atoms with Crippen molar-refractivity contribution < 1.29 is 0 Å². The second-order valence-electron chi connectivity index (χ2n) is 8.43. The molecule has 1 heteroatoms. The Morgan fingerprint density at radius 2 is 1.21 bits per heavy atom. The van der Waals surface area contributed by atoms with E-state index in [0.29, 0.717) is 0 Å². The highest BCUT2D eigenvalue weighted by molar-refractivity contribution is 5.87. The largest absolute Gasteiger partial charge is 0.345 e. The Kier molecular flexibility index (Phi) is 4.68. The maximum absolute atomic E-state index is 2.27. The molecule has 0 N–H and O–H groups in total. The van der Waals surface area contributed by atoms with Crippen LogP contribution in [0.4, 0.5) is 11.4 Å². The summed E-state index contributed by atoms with van der Waals surface area (Å²) in [6.45, 7) is 6.81. The molecule has 1 nitrogen and oxygen atoms in total. The number of rotatable bonds is 3. The molecule has 0 aliphatic carbocycles. The fourth-order valence-electron chi connectivity index (χ4n) is 3.79. The van der Waals surface area contributed by atoms with E-state index in [-0.39, 0.29) is 5.41 Å². The summed E-state index contributed by atoms with van der Waals surface area (Å²) in [5.74, 6) is 0. The fourth-order valence-corrected chi connectivity index (χ4v) is 3.79. The van der Waals surface area contributed by atoms with Crippen LogP contribution in [0.2, 0.25) is 0 Å². The summed E-state index contributed by atoms with van der Waals surface area (Å²) in [5, 5.41) is 2.54. The van der Waals surface area contributed by atoms with Gasteiger partial charge in [0.15, 0.2) is 0 Å². The summed E-state index contributed by atoms with van der Waals surface area (Å²) in [6.07, 6.45) is 0. The summed E-state index contributed by atoms with van der Waals surface area (Å²) >= 11 is 0. The Labute approximate surface area is 168 Å². The molecule has 0 saturated carbocycles. The lowest BCUT2D eigenvalue weighted by Gasteiger charge is -2.24. The van der Waals surface area contributed by atoms with Crippen molar-refractivity contribution in [1.82, 2.24) is 0 Å². The molecule has 0 fully saturated rings. The Bertz CT molecular complexity index is 1100. The number of hydrogen-bond acceptors (Lipinski definition) is 1. The number of fused-ring (bicyclic) bond motifs is 1. The average Bonchev–Trinajstić information content (AvgIpc) is 2.72. The molecule has 140 valence electrons. The lowest BCUT2D eigenvalue weighted by molar-refractivity contribution is 0.592. The van der Waals surface area contributed by atoms with Crippen molar-refractivity contribution in [3.63, 3.8) is 0 Å².